The van der Waals surface area contributed by atoms with Gasteiger partial charge in [-0.25, -0.2) is 0 Å². The number of nitrogens with zero attached hydrogens (tertiary/aromatic N) is 3. The third-order valence-corrected chi connectivity index (χ3v) is 12.0. The molecule has 1 unspecified atom stereocenters. The van der Waals surface area contributed by atoms with Crippen molar-refractivity contribution in [1.82, 2.24) is 15.0 Å². The SMILES string of the molecule is C=CC(=CC(=CC(C)CC)c1cc(C(=O)c2cc(-c3cncc(-c4ccccc4)c3)cc(-c3cncc(-c4ccccc4)c3)c2)cc(-c2cncc(-c3ccccc3)c2)c1)c1ccccc1. The maximum Gasteiger partial charge on any atom is 0.193 e. The van der Waals surface area contributed by atoms with Crippen molar-refractivity contribution < 1.29 is 4.79 Å². The molecule has 318 valence electrons. The average molecular weight is 852 g/mol. The van der Waals surface area contributed by atoms with Crippen molar-refractivity contribution in [2.75, 3.05) is 0 Å². The molecule has 0 N–H and O–H groups in total. The highest BCUT2D eigenvalue weighted by molar-refractivity contribution is 6.11. The second kappa shape index (κ2) is 20.0. The van der Waals surface area contributed by atoms with Gasteiger partial charge < -0.3 is 0 Å². The summed E-state index contributed by atoms with van der Waals surface area (Å²) in [6.07, 6.45) is 18.6. The highest BCUT2D eigenvalue weighted by atomic mass is 16.1. The molecule has 0 radical (unpaired) electrons. The minimum Gasteiger partial charge on any atom is -0.289 e. The van der Waals surface area contributed by atoms with Crippen LogP contribution in [0.3, 0.4) is 0 Å². The van der Waals surface area contributed by atoms with Crippen molar-refractivity contribution in [3.8, 4) is 66.8 Å². The molecule has 9 aromatic rings. The Kier molecular flexibility index (Phi) is 13.0. The lowest BCUT2D eigenvalue weighted by atomic mass is 9.88. The van der Waals surface area contributed by atoms with Crippen molar-refractivity contribution in [3.05, 3.63) is 260 Å². The van der Waals surface area contributed by atoms with Crippen LogP contribution in [0.5, 0.6) is 0 Å². The zero-order valence-corrected chi connectivity index (χ0v) is 37.2. The Hall–Kier alpha value is -8.34. The molecule has 4 heteroatoms. The number of aromatic nitrogens is 3. The number of ketones is 1. The molecule has 66 heavy (non-hydrogen) atoms. The lowest BCUT2D eigenvalue weighted by Gasteiger charge is -2.16. The Balaban J connectivity index is 1.24. The lowest BCUT2D eigenvalue weighted by Crippen LogP contribution is -2.04. The van der Waals surface area contributed by atoms with E-state index < -0.39 is 0 Å². The van der Waals surface area contributed by atoms with E-state index in [4.69, 9.17) is 15.0 Å². The molecule has 3 aromatic heterocycles. The number of allylic oxidation sites excluding steroid dienone is 5. The van der Waals surface area contributed by atoms with E-state index in [0.29, 0.717) is 11.1 Å². The molecule has 6 aromatic carbocycles. The highest BCUT2D eigenvalue weighted by Crippen LogP contribution is 2.36. The van der Waals surface area contributed by atoms with E-state index in [1.54, 1.807) is 0 Å². The molecule has 9 rings (SSSR count). The summed E-state index contributed by atoms with van der Waals surface area (Å²) < 4.78 is 0. The van der Waals surface area contributed by atoms with E-state index in [1.807, 2.05) is 140 Å². The highest BCUT2D eigenvalue weighted by Gasteiger charge is 2.19. The zero-order chi connectivity index (χ0) is 45.2. The minimum absolute atomic E-state index is 0.105. The molecule has 0 aliphatic heterocycles. The Morgan fingerprint density at radius 2 is 0.773 bits per heavy atom. The van der Waals surface area contributed by atoms with Gasteiger partial charge in [0, 0.05) is 81.7 Å². The quantitative estimate of drug-likeness (QED) is 0.0808. The minimum atomic E-state index is -0.105. The summed E-state index contributed by atoms with van der Waals surface area (Å²) in [5.41, 5.74) is 16.6. The van der Waals surface area contributed by atoms with Gasteiger partial charge in [0.25, 0.3) is 0 Å². The topological polar surface area (TPSA) is 55.7 Å². The standard InChI is InChI=1S/C62H49N3O/c1-4-43(3)26-49(27-44(5-2)45-18-10-6-11-19-45)50-28-51(59-34-56(37-63-40-59)46-20-12-7-13-21-46)31-54(30-50)62(66)55-32-52(60-35-57(38-64-41-60)47-22-14-8-15-23-47)29-53(33-55)61-36-58(39-65-42-61)48-24-16-9-17-25-48/h5-43H,2,4H2,1,3H3. The fraction of sp³-hybridized carbons (Fsp3) is 0.0645. The molecule has 4 nitrogen and oxygen atoms in total. The number of rotatable bonds is 14. The summed E-state index contributed by atoms with van der Waals surface area (Å²) in [6, 6.07) is 59.8. The van der Waals surface area contributed by atoms with Crippen molar-refractivity contribution in [1.29, 1.82) is 0 Å². The predicted octanol–water partition coefficient (Wildman–Crippen LogP) is 15.8. The van der Waals surface area contributed by atoms with Crippen molar-refractivity contribution >= 4 is 16.9 Å². The molecular formula is C62H49N3O. The van der Waals surface area contributed by atoms with Crippen LogP contribution in [0.25, 0.3) is 77.9 Å². The van der Waals surface area contributed by atoms with E-state index in [9.17, 15) is 0 Å². The van der Waals surface area contributed by atoms with Crippen LogP contribution < -0.4 is 0 Å². The second-order valence-corrected chi connectivity index (χ2v) is 16.6. The Labute approximate surface area is 388 Å². The van der Waals surface area contributed by atoms with Gasteiger partial charge in [0.15, 0.2) is 5.78 Å². The second-order valence-electron chi connectivity index (χ2n) is 16.6. The largest absolute Gasteiger partial charge is 0.289 e. The first-order chi connectivity index (χ1) is 32.4. The van der Waals surface area contributed by atoms with Gasteiger partial charge in [0.2, 0.25) is 0 Å². The summed E-state index contributed by atoms with van der Waals surface area (Å²) in [5.74, 6) is 0.162. The first kappa shape index (κ1) is 42.9. The number of hydrogen-bond donors (Lipinski definition) is 0. The van der Waals surface area contributed by atoms with Gasteiger partial charge >= 0.3 is 0 Å². The zero-order valence-electron chi connectivity index (χ0n) is 37.2. The van der Waals surface area contributed by atoms with Crippen molar-refractivity contribution in [3.63, 3.8) is 0 Å². The first-order valence-corrected chi connectivity index (χ1v) is 22.4. The van der Waals surface area contributed by atoms with E-state index >= 15 is 4.79 Å². The summed E-state index contributed by atoms with van der Waals surface area (Å²) in [6.45, 7) is 8.64. The lowest BCUT2D eigenvalue weighted by molar-refractivity contribution is 0.103. The van der Waals surface area contributed by atoms with Crippen LogP contribution in [0, 0.1) is 5.92 Å². The van der Waals surface area contributed by atoms with Crippen LogP contribution >= 0.6 is 0 Å². The fourth-order valence-corrected chi connectivity index (χ4v) is 8.22. The Bertz CT molecular complexity index is 3110. The van der Waals surface area contributed by atoms with Crippen LogP contribution in [0.4, 0.5) is 0 Å². The Morgan fingerprint density at radius 3 is 1.18 bits per heavy atom. The van der Waals surface area contributed by atoms with Gasteiger partial charge in [-0.2, -0.15) is 0 Å². The van der Waals surface area contributed by atoms with Gasteiger partial charge in [-0.15, -0.1) is 0 Å². The Morgan fingerprint density at radius 1 is 0.424 bits per heavy atom. The van der Waals surface area contributed by atoms with Crippen LogP contribution in [0.15, 0.2) is 238 Å². The maximum absolute atomic E-state index is 15.5. The van der Waals surface area contributed by atoms with Crippen molar-refractivity contribution in [2.45, 2.75) is 20.3 Å². The molecule has 0 saturated carbocycles. The normalized spacial score (nSPS) is 12.1. The van der Waals surface area contributed by atoms with Crippen LogP contribution in [-0.2, 0) is 0 Å². The molecule has 0 amide bonds. The van der Waals surface area contributed by atoms with E-state index in [1.165, 1.54) is 0 Å². The fourth-order valence-electron chi connectivity index (χ4n) is 8.22. The average Bonchev–Trinajstić information content (AvgIpc) is 3.40. The van der Waals surface area contributed by atoms with E-state index in [2.05, 4.69) is 111 Å². The molecule has 0 saturated heterocycles. The number of carbonyl (C=O) groups is 1. The van der Waals surface area contributed by atoms with Crippen molar-refractivity contribution in [2.24, 2.45) is 5.92 Å². The summed E-state index contributed by atoms with van der Waals surface area (Å²) in [7, 11) is 0. The first-order valence-electron chi connectivity index (χ1n) is 22.4. The van der Waals surface area contributed by atoms with Crippen LogP contribution in [0.2, 0.25) is 0 Å². The van der Waals surface area contributed by atoms with E-state index in [0.717, 1.165) is 95.5 Å². The van der Waals surface area contributed by atoms with Gasteiger partial charge in [0.1, 0.15) is 0 Å². The third kappa shape index (κ3) is 9.89. The third-order valence-electron chi connectivity index (χ3n) is 12.0. The molecule has 1 atom stereocenters. The van der Waals surface area contributed by atoms with Gasteiger partial charge in [-0.05, 0) is 122 Å². The predicted molar refractivity (Wildman–Crippen MR) is 274 cm³/mol. The number of pyridine rings is 3. The summed E-state index contributed by atoms with van der Waals surface area (Å²) >= 11 is 0. The number of carbonyl (C=O) groups excluding carboxylic acids is 1. The molecule has 0 aliphatic carbocycles. The summed E-state index contributed by atoms with van der Waals surface area (Å²) in [5, 5.41) is 0. The maximum atomic E-state index is 15.5. The number of hydrogen-bond acceptors (Lipinski definition) is 4. The van der Waals surface area contributed by atoms with Gasteiger partial charge in [-0.3, -0.25) is 19.7 Å². The molecule has 0 fully saturated rings. The molecule has 0 spiro atoms. The van der Waals surface area contributed by atoms with E-state index in [-0.39, 0.29) is 11.7 Å². The molecule has 0 bridgehead atoms. The molecule has 3 heterocycles. The van der Waals surface area contributed by atoms with Crippen LogP contribution in [0.1, 0.15) is 47.3 Å². The number of benzene rings is 6. The molecular weight excluding hydrogens is 803 g/mol. The summed E-state index contributed by atoms with van der Waals surface area (Å²) in [4.78, 5) is 29.6. The van der Waals surface area contributed by atoms with Gasteiger partial charge in [0.05, 0.1) is 0 Å². The monoisotopic (exact) mass is 851 g/mol. The molecule has 0 aliphatic rings. The van der Waals surface area contributed by atoms with Gasteiger partial charge in [-0.1, -0.05) is 160 Å². The smallest absolute Gasteiger partial charge is 0.193 e. The van der Waals surface area contributed by atoms with Crippen LogP contribution in [-0.4, -0.2) is 20.7 Å².